The largest absolute Gasteiger partial charge is 0.356 e. The van der Waals surface area contributed by atoms with Gasteiger partial charge in [-0.15, -0.1) is 0 Å². The number of rotatable bonds is 5. The summed E-state index contributed by atoms with van der Waals surface area (Å²) in [7, 11) is 0. The lowest BCUT2D eigenvalue weighted by Gasteiger charge is -2.49. The molecule has 4 aromatic rings. The Morgan fingerprint density at radius 2 is 1.03 bits per heavy atom. The van der Waals surface area contributed by atoms with Crippen molar-refractivity contribution in [1.29, 1.82) is 0 Å². The summed E-state index contributed by atoms with van der Waals surface area (Å²) in [6, 6.07) is 42.3. The lowest BCUT2D eigenvalue weighted by Crippen LogP contribution is -2.50. The molecule has 0 aliphatic carbocycles. The zero-order valence-electron chi connectivity index (χ0n) is 18.6. The Bertz CT molecular complexity index is 1130. The third kappa shape index (κ3) is 4.01. The van der Waals surface area contributed by atoms with Gasteiger partial charge in [-0.25, -0.2) is 0 Å². The zero-order valence-corrected chi connectivity index (χ0v) is 18.6. The molecule has 0 bridgehead atoms. The van der Waals surface area contributed by atoms with Crippen LogP contribution in [0.15, 0.2) is 127 Å². The maximum Gasteiger partial charge on any atom is 0.140 e. The normalized spacial score (nSPS) is 15.6. The third-order valence-electron chi connectivity index (χ3n) is 6.45. The van der Waals surface area contributed by atoms with Crippen molar-refractivity contribution in [1.82, 2.24) is 4.90 Å². The second kappa shape index (κ2) is 9.30. The Balaban J connectivity index is 1.81. The van der Waals surface area contributed by atoms with Gasteiger partial charge in [0.2, 0.25) is 0 Å². The van der Waals surface area contributed by atoms with Crippen LogP contribution in [-0.2, 0) is 10.3 Å². The predicted octanol–water partition coefficient (Wildman–Crippen LogP) is 6.68. The molecule has 1 aliphatic rings. The highest BCUT2D eigenvalue weighted by atomic mass is 16.1. The van der Waals surface area contributed by atoms with E-state index in [1.165, 1.54) is 16.7 Å². The maximum absolute atomic E-state index is 12.7. The van der Waals surface area contributed by atoms with E-state index in [9.17, 15) is 4.79 Å². The molecule has 1 aliphatic heterocycles. The number of piperidine rings is 1. The van der Waals surface area contributed by atoms with Crippen molar-refractivity contribution >= 4 is 11.9 Å². The molecule has 4 aromatic carbocycles. The first-order chi connectivity index (χ1) is 16.3. The summed E-state index contributed by atoms with van der Waals surface area (Å²) >= 11 is 0. The molecule has 2 nitrogen and oxygen atoms in total. The molecule has 0 N–H and O–H groups in total. The highest BCUT2D eigenvalue weighted by Crippen LogP contribution is 2.46. The van der Waals surface area contributed by atoms with Crippen LogP contribution in [0.3, 0.4) is 0 Å². The van der Waals surface area contributed by atoms with E-state index >= 15 is 0 Å². The summed E-state index contributed by atoms with van der Waals surface area (Å²) in [6.45, 7) is 0.663. The standard InChI is InChI=1S/C31H27NO/c33-30-21-22-32(29(24-30)23-25-13-5-1-6-14-25)31(26-15-7-2-8-16-26,27-17-9-3-10-18-27)28-19-11-4-12-20-28/h1-20,23H,21-22,24H2. The number of carbonyl (C=O) groups is 1. The molecular formula is C31H27NO. The van der Waals surface area contributed by atoms with E-state index in [0.717, 1.165) is 11.3 Å². The smallest absolute Gasteiger partial charge is 0.140 e. The molecule has 1 heterocycles. The van der Waals surface area contributed by atoms with Crippen LogP contribution >= 0.6 is 0 Å². The number of carbonyl (C=O) groups excluding carboxylic acids is 1. The van der Waals surface area contributed by atoms with E-state index in [0.29, 0.717) is 19.4 Å². The molecule has 0 amide bonds. The molecule has 1 fully saturated rings. The van der Waals surface area contributed by atoms with Gasteiger partial charge < -0.3 is 4.90 Å². The minimum absolute atomic E-state index is 0.288. The molecule has 2 heteroatoms. The van der Waals surface area contributed by atoms with Crippen molar-refractivity contribution < 1.29 is 4.79 Å². The Morgan fingerprint density at radius 1 is 0.606 bits per heavy atom. The van der Waals surface area contributed by atoms with Gasteiger partial charge in [-0.2, -0.15) is 0 Å². The molecule has 162 valence electrons. The fraction of sp³-hybridized carbons (Fsp3) is 0.129. The van der Waals surface area contributed by atoms with Gasteiger partial charge in [0.1, 0.15) is 11.3 Å². The van der Waals surface area contributed by atoms with E-state index in [1.807, 2.05) is 18.2 Å². The summed E-state index contributed by atoms with van der Waals surface area (Å²) in [6.07, 6.45) is 3.16. The molecule has 0 radical (unpaired) electrons. The van der Waals surface area contributed by atoms with Crippen LogP contribution in [0.5, 0.6) is 0 Å². The molecule has 0 saturated carbocycles. The summed E-state index contributed by atoms with van der Waals surface area (Å²) < 4.78 is 0. The monoisotopic (exact) mass is 429 g/mol. The minimum atomic E-state index is -0.551. The van der Waals surface area contributed by atoms with Gasteiger partial charge in [-0.05, 0) is 28.3 Å². The molecule has 0 aromatic heterocycles. The van der Waals surface area contributed by atoms with Gasteiger partial charge in [0.15, 0.2) is 0 Å². The average molecular weight is 430 g/mol. The number of Topliss-reactive ketones (excluding diaryl/α,β-unsaturated/α-hetero) is 1. The number of hydrogen-bond acceptors (Lipinski definition) is 2. The van der Waals surface area contributed by atoms with Crippen LogP contribution in [-0.4, -0.2) is 17.2 Å². The number of nitrogens with zero attached hydrogens (tertiary/aromatic N) is 1. The van der Waals surface area contributed by atoms with Gasteiger partial charge in [0.05, 0.1) is 0 Å². The Hall–Kier alpha value is -3.91. The first-order valence-electron chi connectivity index (χ1n) is 11.5. The summed E-state index contributed by atoms with van der Waals surface area (Å²) in [5.74, 6) is 0.288. The van der Waals surface area contributed by atoms with E-state index in [2.05, 4.69) is 114 Å². The Labute approximate surface area is 195 Å². The van der Waals surface area contributed by atoms with Gasteiger partial charge in [-0.1, -0.05) is 121 Å². The van der Waals surface area contributed by atoms with E-state index < -0.39 is 5.54 Å². The topological polar surface area (TPSA) is 20.3 Å². The second-order valence-corrected chi connectivity index (χ2v) is 8.47. The zero-order chi connectivity index (χ0) is 22.5. The van der Waals surface area contributed by atoms with E-state index in [1.54, 1.807) is 0 Å². The highest BCUT2D eigenvalue weighted by Gasteiger charge is 2.44. The van der Waals surface area contributed by atoms with E-state index in [-0.39, 0.29) is 5.78 Å². The molecular weight excluding hydrogens is 402 g/mol. The first kappa shape index (κ1) is 21.0. The van der Waals surface area contributed by atoms with Gasteiger partial charge in [0, 0.05) is 25.1 Å². The fourth-order valence-electron chi connectivity index (χ4n) is 5.03. The fourth-order valence-corrected chi connectivity index (χ4v) is 5.03. The first-order valence-corrected chi connectivity index (χ1v) is 11.5. The molecule has 33 heavy (non-hydrogen) atoms. The van der Waals surface area contributed by atoms with Crippen molar-refractivity contribution in [3.05, 3.63) is 149 Å². The van der Waals surface area contributed by atoms with Crippen molar-refractivity contribution in [3.8, 4) is 0 Å². The molecule has 0 unspecified atom stereocenters. The van der Waals surface area contributed by atoms with Crippen molar-refractivity contribution in [2.75, 3.05) is 6.54 Å². The van der Waals surface area contributed by atoms with Gasteiger partial charge in [-0.3, -0.25) is 4.79 Å². The third-order valence-corrected chi connectivity index (χ3v) is 6.45. The van der Waals surface area contributed by atoms with Crippen LogP contribution in [0.25, 0.3) is 6.08 Å². The Morgan fingerprint density at radius 3 is 1.48 bits per heavy atom. The number of allylic oxidation sites excluding steroid dienone is 1. The van der Waals surface area contributed by atoms with Crippen LogP contribution in [0.1, 0.15) is 35.1 Å². The molecule has 0 spiro atoms. The highest BCUT2D eigenvalue weighted by molar-refractivity contribution is 5.84. The summed E-state index contributed by atoms with van der Waals surface area (Å²) in [5, 5.41) is 0. The van der Waals surface area contributed by atoms with Crippen molar-refractivity contribution in [2.24, 2.45) is 0 Å². The molecule has 1 saturated heterocycles. The SMILES string of the molecule is O=C1CCN(C(c2ccccc2)(c2ccccc2)c2ccccc2)C(=Cc2ccccc2)C1. The molecule has 5 rings (SSSR count). The van der Waals surface area contributed by atoms with Crippen LogP contribution in [0, 0.1) is 0 Å². The minimum Gasteiger partial charge on any atom is -0.356 e. The number of benzene rings is 4. The number of hydrogen-bond donors (Lipinski definition) is 0. The number of ketones is 1. The quantitative estimate of drug-likeness (QED) is 0.330. The van der Waals surface area contributed by atoms with Crippen LogP contribution in [0.2, 0.25) is 0 Å². The predicted molar refractivity (Wildman–Crippen MR) is 135 cm³/mol. The van der Waals surface area contributed by atoms with Gasteiger partial charge in [0.25, 0.3) is 0 Å². The van der Waals surface area contributed by atoms with E-state index in [4.69, 9.17) is 0 Å². The summed E-state index contributed by atoms with van der Waals surface area (Å²) in [5.41, 5.74) is 5.18. The summed E-state index contributed by atoms with van der Waals surface area (Å²) in [4.78, 5) is 15.1. The van der Waals surface area contributed by atoms with Gasteiger partial charge >= 0.3 is 0 Å². The lowest BCUT2D eigenvalue weighted by molar-refractivity contribution is -0.120. The average Bonchev–Trinajstić information content (AvgIpc) is 2.88. The lowest BCUT2D eigenvalue weighted by atomic mass is 9.74. The van der Waals surface area contributed by atoms with Crippen molar-refractivity contribution in [2.45, 2.75) is 18.4 Å². The Kier molecular flexibility index (Phi) is 5.91. The molecule has 0 atom stereocenters. The number of likely N-dealkylation sites (tertiary alicyclic amines) is 1. The van der Waals surface area contributed by atoms with Crippen LogP contribution < -0.4 is 0 Å². The van der Waals surface area contributed by atoms with Crippen molar-refractivity contribution in [3.63, 3.8) is 0 Å². The maximum atomic E-state index is 12.7. The van der Waals surface area contributed by atoms with Crippen LogP contribution in [0.4, 0.5) is 0 Å². The second-order valence-electron chi connectivity index (χ2n) is 8.47.